The van der Waals surface area contributed by atoms with Gasteiger partial charge >= 0.3 is 0 Å². The second-order valence-corrected chi connectivity index (χ2v) is 4.73. The van der Waals surface area contributed by atoms with Gasteiger partial charge in [0.2, 0.25) is 5.13 Å². The maximum Gasteiger partial charge on any atom is 0.212 e. The molecule has 0 aliphatic heterocycles. The number of nitrogens with zero attached hydrogens (tertiary/aromatic N) is 4. The SMILES string of the molecule is CN=C(C=NO)NCCCCc1csc(N=C(N)N)n1. The summed E-state index contributed by atoms with van der Waals surface area (Å²) in [5.41, 5.74) is 11.6. The third-order valence-corrected chi connectivity index (χ3v) is 3.13. The van der Waals surface area contributed by atoms with Crippen molar-refractivity contribution in [1.82, 2.24) is 10.3 Å². The Hall–Kier alpha value is -2.16. The second kappa shape index (κ2) is 8.86. The van der Waals surface area contributed by atoms with Crippen molar-refractivity contribution in [3.8, 4) is 0 Å². The van der Waals surface area contributed by atoms with Crippen LogP contribution in [0.1, 0.15) is 18.5 Å². The fourth-order valence-corrected chi connectivity index (χ4v) is 2.20. The number of thiazole rings is 1. The van der Waals surface area contributed by atoms with Crippen LogP contribution in [0.25, 0.3) is 0 Å². The van der Waals surface area contributed by atoms with E-state index in [-0.39, 0.29) is 5.96 Å². The molecule has 1 rings (SSSR count). The number of aryl methyl sites for hydroxylation is 1. The Kier molecular flexibility index (Phi) is 7.04. The predicted molar refractivity (Wildman–Crippen MR) is 82.2 cm³/mol. The van der Waals surface area contributed by atoms with E-state index in [1.807, 2.05) is 5.38 Å². The lowest BCUT2D eigenvalue weighted by atomic mass is 10.2. The van der Waals surface area contributed by atoms with Crippen LogP contribution >= 0.6 is 11.3 Å². The molecule has 0 unspecified atom stereocenters. The first-order valence-electron chi connectivity index (χ1n) is 6.08. The van der Waals surface area contributed by atoms with Crippen molar-refractivity contribution in [3.05, 3.63) is 11.1 Å². The van der Waals surface area contributed by atoms with Crippen LogP contribution in [-0.4, -0.2) is 41.8 Å². The van der Waals surface area contributed by atoms with Gasteiger partial charge in [-0.2, -0.15) is 4.99 Å². The van der Waals surface area contributed by atoms with Gasteiger partial charge in [0.1, 0.15) is 12.1 Å². The number of aromatic nitrogens is 1. The van der Waals surface area contributed by atoms with Crippen molar-refractivity contribution in [2.24, 2.45) is 26.6 Å². The van der Waals surface area contributed by atoms with Crippen LogP contribution in [0.15, 0.2) is 20.5 Å². The maximum atomic E-state index is 8.40. The highest BCUT2D eigenvalue weighted by molar-refractivity contribution is 7.13. The summed E-state index contributed by atoms with van der Waals surface area (Å²) in [5.74, 6) is 0.572. The normalized spacial score (nSPS) is 11.8. The molecule has 6 N–H and O–H groups in total. The third-order valence-electron chi connectivity index (χ3n) is 2.35. The molecular weight excluding hydrogens is 278 g/mol. The van der Waals surface area contributed by atoms with Crippen LogP contribution in [0.4, 0.5) is 5.13 Å². The van der Waals surface area contributed by atoms with Crippen molar-refractivity contribution in [3.63, 3.8) is 0 Å². The van der Waals surface area contributed by atoms with E-state index < -0.39 is 0 Å². The van der Waals surface area contributed by atoms with Crippen LogP contribution in [-0.2, 0) is 6.42 Å². The van der Waals surface area contributed by atoms with E-state index in [0.29, 0.717) is 11.0 Å². The lowest BCUT2D eigenvalue weighted by Crippen LogP contribution is -2.25. The van der Waals surface area contributed by atoms with E-state index in [4.69, 9.17) is 16.7 Å². The molecule has 1 aromatic rings. The van der Waals surface area contributed by atoms with E-state index in [2.05, 4.69) is 25.4 Å². The van der Waals surface area contributed by atoms with E-state index >= 15 is 0 Å². The molecule has 8 nitrogen and oxygen atoms in total. The molecule has 0 spiro atoms. The zero-order valence-corrected chi connectivity index (χ0v) is 12.1. The molecule has 110 valence electrons. The first kappa shape index (κ1) is 15.9. The highest BCUT2D eigenvalue weighted by Gasteiger charge is 2.01. The number of unbranched alkanes of at least 4 members (excludes halogenated alkanes) is 1. The summed E-state index contributed by atoms with van der Waals surface area (Å²) < 4.78 is 0. The average molecular weight is 297 g/mol. The molecule has 1 heterocycles. The van der Waals surface area contributed by atoms with E-state index in [1.54, 1.807) is 7.05 Å². The van der Waals surface area contributed by atoms with Gasteiger partial charge in [-0.25, -0.2) is 4.98 Å². The summed E-state index contributed by atoms with van der Waals surface area (Å²) in [6, 6.07) is 0. The molecule has 0 bridgehead atoms. The van der Waals surface area contributed by atoms with Gasteiger partial charge in [0.15, 0.2) is 5.96 Å². The van der Waals surface area contributed by atoms with Gasteiger partial charge in [-0.1, -0.05) is 5.16 Å². The molecule has 0 fully saturated rings. The number of aliphatic imine (C=N–C) groups is 2. The van der Waals surface area contributed by atoms with Crippen molar-refractivity contribution in [2.75, 3.05) is 13.6 Å². The Balaban J connectivity index is 2.24. The summed E-state index contributed by atoms with van der Waals surface area (Å²) >= 11 is 1.42. The van der Waals surface area contributed by atoms with Crippen LogP contribution in [0.3, 0.4) is 0 Å². The van der Waals surface area contributed by atoms with Gasteiger partial charge in [0.05, 0.1) is 5.69 Å². The van der Waals surface area contributed by atoms with Gasteiger partial charge in [-0.3, -0.25) is 4.99 Å². The average Bonchev–Trinajstić information content (AvgIpc) is 2.83. The molecule has 0 saturated carbocycles. The molecule has 0 aromatic carbocycles. The van der Waals surface area contributed by atoms with Crippen LogP contribution in [0.2, 0.25) is 0 Å². The molecule has 9 heteroatoms. The molecule has 0 saturated heterocycles. The van der Waals surface area contributed by atoms with Crippen LogP contribution in [0, 0.1) is 0 Å². The van der Waals surface area contributed by atoms with Crippen LogP contribution in [0.5, 0.6) is 0 Å². The zero-order valence-electron chi connectivity index (χ0n) is 11.3. The Morgan fingerprint density at radius 2 is 2.30 bits per heavy atom. The van der Waals surface area contributed by atoms with Crippen molar-refractivity contribution >= 4 is 34.5 Å². The Bertz CT molecular complexity index is 491. The molecule has 0 aliphatic rings. The Labute approximate surface area is 121 Å². The first-order chi connectivity index (χ1) is 9.65. The smallest absolute Gasteiger partial charge is 0.212 e. The first-order valence-corrected chi connectivity index (χ1v) is 6.95. The largest absolute Gasteiger partial charge is 0.411 e. The van der Waals surface area contributed by atoms with Gasteiger partial charge in [-0.15, -0.1) is 11.3 Å². The standard InChI is InChI=1S/C11H19N7OS/c1-14-9(6-16-19)15-5-3-2-4-8-7-20-11(17-8)18-10(12)13/h6-7,19H,2-5H2,1H3,(H,14,15)(H4,12,13,17,18). The maximum absolute atomic E-state index is 8.40. The molecular formula is C11H19N7OS. The van der Waals surface area contributed by atoms with Crippen molar-refractivity contribution in [2.45, 2.75) is 19.3 Å². The molecule has 0 amide bonds. The predicted octanol–water partition coefficient (Wildman–Crippen LogP) is 0.449. The lowest BCUT2D eigenvalue weighted by Gasteiger charge is -2.03. The monoisotopic (exact) mass is 297 g/mol. The molecule has 0 atom stereocenters. The second-order valence-electron chi connectivity index (χ2n) is 3.90. The summed E-state index contributed by atoms with van der Waals surface area (Å²) in [5, 5.41) is 16.9. The molecule has 20 heavy (non-hydrogen) atoms. The highest BCUT2D eigenvalue weighted by Crippen LogP contribution is 2.19. The van der Waals surface area contributed by atoms with Crippen LogP contribution < -0.4 is 16.8 Å². The summed E-state index contributed by atoms with van der Waals surface area (Å²) in [6.45, 7) is 0.754. The van der Waals surface area contributed by atoms with Gasteiger partial charge in [0.25, 0.3) is 0 Å². The van der Waals surface area contributed by atoms with Gasteiger partial charge < -0.3 is 22.0 Å². The Morgan fingerprint density at radius 3 is 2.95 bits per heavy atom. The lowest BCUT2D eigenvalue weighted by molar-refractivity contribution is 0.322. The number of rotatable bonds is 7. The van der Waals surface area contributed by atoms with Gasteiger partial charge in [0, 0.05) is 19.0 Å². The summed E-state index contributed by atoms with van der Waals surface area (Å²) in [4.78, 5) is 12.1. The molecule has 0 radical (unpaired) electrons. The van der Waals surface area contributed by atoms with E-state index in [1.165, 1.54) is 17.6 Å². The molecule has 1 aromatic heterocycles. The van der Waals surface area contributed by atoms with Crippen molar-refractivity contribution < 1.29 is 5.21 Å². The van der Waals surface area contributed by atoms with Crippen molar-refractivity contribution in [1.29, 1.82) is 0 Å². The Morgan fingerprint density at radius 1 is 1.50 bits per heavy atom. The van der Waals surface area contributed by atoms with Gasteiger partial charge in [-0.05, 0) is 19.3 Å². The number of amidine groups is 1. The number of oxime groups is 1. The zero-order chi connectivity index (χ0) is 14.8. The number of hydrogen-bond donors (Lipinski definition) is 4. The summed E-state index contributed by atoms with van der Waals surface area (Å²) in [6.07, 6.45) is 4.06. The summed E-state index contributed by atoms with van der Waals surface area (Å²) in [7, 11) is 1.63. The number of nitrogens with one attached hydrogen (secondary N) is 1. The van der Waals surface area contributed by atoms with E-state index in [0.717, 1.165) is 31.5 Å². The number of guanidine groups is 1. The minimum absolute atomic E-state index is 0.0204. The topological polar surface area (TPSA) is 134 Å². The van der Waals surface area contributed by atoms with E-state index in [9.17, 15) is 0 Å². The third kappa shape index (κ3) is 6.14. The minimum atomic E-state index is 0.0204. The minimum Gasteiger partial charge on any atom is -0.411 e. The fourth-order valence-electron chi connectivity index (χ4n) is 1.46. The fraction of sp³-hybridized carbons (Fsp3) is 0.455. The number of hydrogen-bond acceptors (Lipinski definition) is 6. The molecule has 0 aliphatic carbocycles. The quantitative estimate of drug-likeness (QED) is 0.190. The number of nitrogens with two attached hydrogens (primary N) is 2. The highest BCUT2D eigenvalue weighted by atomic mass is 32.1.